The van der Waals surface area contributed by atoms with Crippen molar-refractivity contribution in [1.82, 2.24) is 0 Å². The summed E-state index contributed by atoms with van der Waals surface area (Å²) >= 11 is 7.45. The zero-order valence-corrected chi connectivity index (χ0v) is 17.3. The molecule has 0 atom stereocenters. The summed E-state index contributed by atoms with van der Waals surface area (Å²) in [6.07, 6.45) is 0. The molecule has 28 heavy (non-hydrogen) atoms. The zero-order chi connectivity index (χ0) is 20.1. The topological polar surface area (TPSA) is 56.8 Å². The number of anilines is 1. The van der Waals surface area contributed by atoms with E-state index in [9.17, 15) is 4.79 Å². The first-order valence-corrected chi connectivity index (χ1v) is 9.75. The maximum atomic E-state index is 12.5. The van der Waals surface area contributed by atoms with Crippen LogP contribution in [0.3, 0.4) is 0 Å². The summed E-state index contributed by atoms with van der Waals surface area (Å²) < 4.78 is 16.3. The molecule has 3 aromatic rings. The van der Waals surface area contributed by atoms with Crippen molar-refractivity contribution in [3.8, 4) is 17.2 Å². The van der Waals surface area contributed by atoms with E-state index in [2.05, 4.69) is 5.32 Å². The fourth-order valence-electron chi connectivity index (χ4n) is 2.56. The number of aryl methyl sites for hydroxylation is 1. The van der Waals surface area contributed by atoms with Gasteiger partial charge in [0.25, 0.3) is 5.91 Å². The second kappa shape index (κ2) is 8.99. The normalized spacial score (nSPS) is 10.4. The summed E-state index contributed by atoms with van der Waals surface area (Å²) in [5.74, 6) is 1.70. The van der Waals surface area contributed by atoms with Crippen LogP contribution in [0.4, 0.5) is 5.69 Å². The molecule has 146 valence electrons. The van der Waals surface area contributed by atoms with Crippen LogP contribution in [0.5, 0.6) is 17.2 Å². The van der Waals surface area contributed by atoms with Crippen LogP contribution < -0.4 is 19.5 Å². The Morgan fingerprint density at radius 3 is 2.50 bits per heavy atom. The molecule has 1 N–H and O–H groups in total. The first-order chi connectivity index (χ1) is 13.5. The summed E-state index contributed by atoms with van der Waals surface area (Å²) in [5, 5.41) is 5.17. The molecule has 7 heteroatoms. The third-order valence-corrected chi connectivity index (χ3v) is 5.27. The van der Waals surface area contributed by atoms with E-state index in [-0.39, 0.29) is 5.91 Å². The van der Waals surface area contributed by atoms with Gasteiger partial charge in [0.15, 0.2) is 11.5 Å². The number of carbonyl (C=O) groups excluding carboxylic acids is 1. The number of halogens is 1. The summed E-state index contributed by atoms with van der Waals surface area (Å²) in [6, 6.07) is 12.7. The van der Waals surface area contributed by atoms with Gasteiger partial charge in [-0.1, -0.05) is 17.7 Å². The van der Waals surface area contributed by atoms with Crippen LogP contribution >= 0.6 is 22.9 Å². The maximum absolute atomic E-state index is 12.5. The molecule has 0 bridgehead atoms. The molecule has 1 heterocycles. The summed E-state index contributed by atoms with van der Waals surface area (Å²) in [6.45, 7) is 2.34. The van der Waals surface area contributed by atoms with Crippen LogP contribution in [0.15, 0.2) is 47.8 Å². The lowest BCUT2D eigenvalue weighted by molar-refractivity contribution is 0.103. The molecular formula is C21H20ClNO4S. The number of hydrogen-bond acceptors (Lipinski definition) is 5. The fourth-order valence-corrected chi connectivity index (χ4v) is 3.61. The van der Waals surface area contributed by atoms with Crippen molar-refractivity contribution in [2.24, 2.45) is 0 Å². The molecule has 0 spiro atoms. The Morgan fingerprint density at radius 1 is 1.04 bits per heavy atom. The van der Waals surface area contributed by atoms with E-state index in [1.165, 1.54) is 11.3 Å². The van der Waals surface area contributed by atoms with Crippen LogP contribution in [-0.4, -0.2) is 20.1 Å². The van der Waals surface area contributed by atoms with Crippen molar-refractivity contribution in [2.75, 3.05) is 19.5 Å². The molecule has 5 nitrogen and oxygen atoms in total. The predicted molar refractivity (Wildman–Crippen MR) is 112 cm³/mol. The second-order valence-electron chi connectivity index (χ2n) is 6.07. The van der Waals surface area contributed by atoms with E-state index in [1.54, 1.807) is 32.4 Å². The van der Waals surface area contributed by atoms with Crippen molar-refractivity contribution < 1.29 is 19.0 Å². The molecule has 0 saturated heterocycles. The van der Waals surface area contributed by atoms with Crippen molar-refractivity contribution in [2.45, 2.75) is 13.5 Å². The predicted octanol–water partition coefficient (Wildman–Crippen LogP) is 5.56. The van der Waals surface area contributed by atoms with Crippen molar-refractivity contribution in [3.63, 3.8) is 0 Å². The number of thiophene rings is 1. The minimum absolute atomic E-state index is 0.203. The lowest BCUT2D eigenvalue weighted by Gasteiger charge is -2.10. The van der Waals surface area contributed by atoms with Gasteiger partial charge in [-0.2, -0.15) is 0 Å². The van der Waals surface area contributed by atoms with E-state index >= 15 is 0 Å². The Morgan fingerprint density at radius 2 is 1.79 bits per heavy atom. The summed E-state index contributed by atoms with van der Waals surface area (Å²) in [7, 11) is 3.15. The summed E-state index contributed by atoms with van der Waals surface area (Å²) in [5.41, 5.74) is 2.61. The van der Waals surface area contributed by atoms with Crippen LogP contribution in [0.1, 0.15) is 20.8 Å². The van der Waals surface area contributed by atoms with Gasteiger partial charge < -0.3 is 19.5 Å². The molecule has 0 saturated carbocycles. The molecule has 0 aliphatic heterocycles. The van der Waals surface area contributed by atoms with Gasteiger partial charge in [-0.05, 0) is 54.3 Å². The SMILES string of the molecule is COc1ccc(NC(=O)c2cc(COc3ccc(C)cc3OC)cs2)cc1Cl. The molecule has 1 amide bonds. The summed E-state index contributed by atoms with van der Waals surface area (Å²) in [4.78, 5) is 13.1. The number of amides is 1. The number of hydrogen-bond donors (Lipinski definition) is 1. The Hall–Kier alpha value is -2.70. The highest BCUT2D eigenvalue weighted by Gasteiger charge is 2.12. The highest BCUT2D eigenvalue weighted by molar-refractivity contribution is 7.12. The van der Waals surface area contributed by atoms with Gasteiger partial charge in [-0.3, -0.25) is 4.79 Å². The molecular weight excluding hydrogens is 398 g/mol. The fraction of sp³-hybridized carbons (Fsp3) is 0.190. The van der Waals surface area contributed by atoms with E-state index in [0.717, 1.165) is 11.1 Å². The van der Waals surface area contributed by atoms with Gasteiger partial charge in [0.1, 0.15) is 12.4 Å². The smallest absolute Gasteiger partial charge is 0.265 e. The lowest BCUT2D eigenvalue weighted by Crippen LogP contribution is -2.10. The molecule has 0 aliphatic rings. The third kappa shape index (κ3) is 4.77. The van der Waals surface area contributed by atoms with E-state index in [0.29, 0.717) is 39.4 Å². The number of benzene rings is 2. The molecule has 2 aromatic carbocycles. The van der Waals surface area contributed by atoms with Crippen LogP contribution in [0, 0.1) is 6.92 Å². The quantitative estimate of drug-likeness (QED) is 0.546. The molecule has 0 aliphatic carbocycles. The van der Waals surface area contributed by atoms with Gasteiger partial charge in [-0.15, -0.1) is 11.3 Å². The van der Waals surface area contributed by atoms with E-state index in [4.69, 9.17) is 25.8 Å². The Labute approximate surface area is 172 Å². The van der Waals surface area contributed by atoms with Gasteiger partial charge in [0.2, 0.25) is 0 Å². The number of ether oxygens (including phenoxy) is 3. The second-order valence-corrected chi connectivity index (χ2v) is 7.38. The third-order valence-electron chi connectivity index (χ3n) is 4.00. The molecule has 3 rings (SSSR count). The van der Waals surface area contributed by atoms with Crippen LogP contribution in [0.25, 0.3) is 0 Å². The van der Waals surface area contributed by atoms with Crippen LogP contribution in [-0.2, 0) is 6.61 Å². The van der Waals surface area contributed by atoms with E-state index in [1.807, 2.05) is 36.6 Å². The highest BCUT2D eigenvalue weighted by atomic mass is 35.5. The van der Waals surface area contributed by atoms with Gasteiger partial charge in [0, 0.05) is 11.3 Å². The van der Waals surface area contributed by atoms with Crippen molar-refractivity contribution in [1.29, 1.82) is 0 Å². The number of carbonyl (C=O) groups is 1. The average Bonchev–Trinajstić information content (AvgIpc) is 3.16. The molecule has 1 aromatic heterocycles. The van der Waals surface area contributed by atoms with Gasteiger partial charge >= 0.3 is 0 Å². The van der Waals surface area contributed by atoms with Crippen molar-refractivity contribution >= 4 is 34.5 Å². The first kappa shape index (κ1) is 20.0. The van der Waals surface area contributed by atoms with Crippen LogP contribution in [0.2, 0.25) is 5.02 Å². The monoisotopic (exact) mass is 417 g/mol. The largest absolute Gasteiger partial charge is 0.495 e. The highest BCUT2D eigenvalue weighted by Crippen LogP contribution is 2.30. The lowest BCUT2D eigenvalue weighted by atomic mass is 10.2. The minimum atomic E-state index is -0.203. The average molecular weight is 418 g/mol. The number of rotatable bonds is 7. The number of nitrogens with one attached hydrogen (secondary N) is 1. The molecule has 0 fully saturated rings. The van der Waals surface area contributed by atoms with Gasteiger partial charge in [-0.25, -0.2) is 0 Å². The Balaban J connectivity index is 1.63. The zero-order valence-electron chi connectivity index (χ0n) is 15.7. The maximum Gasteiger partial charge on any atom is 0.265 e. The minimum Gasteiger partial charge on any atom is -0.495 e. The van der Waals surface area contributed by atoms with Crippen molar-refractivity contribution in [3.05, 3.63) is 68.9 Å². The molecule has 0 unspecified atom stereocenters. The first-order valence-electron chi connectivity index (χ1n) is 8.50. The van der Waals surface area contributed by atoms with Gasteiger partial charge in [0.05, 0.1) is 24.1 Å². The Kier molecular flexibility index (Phi) is 6.44. The standard InChI is InChI=1S/C21H20ClNO4S/c1-13-4-6-18(19(8-13)26-3)27-11-14-9-20(28-12-14)21(24)23-15-5-7-17(25-2)16(22)10-15/h4-10,12H,11H2,1-3H3,(H,23,24). The Bertz CT molecular complexity index is 986. The molecule has 0 radical (unpaired) electrons. The van der Waals surface area contributed by atoms with E-state index < -0.39 is 0 Å². The number of methoxy groups -OCH3 is 2.